The van der Waals surface area contributed by atoms with Gasteiger partial charge in [0.15, 0.2) is 0 Å². The summed E-state index contributed by atoms with van der Waals surface area (Å²) in [4.78, 5) is 10.6. The van der Waals surface area contributed by atoms with Crippen molar-refractivity contribution in [2.24, 2.45) is 0 Å². The van der Waals surface area contributed by atoms with Gasteiger partial charge in [-0.05, 0) is 17.2 Å². The number of nitrogens with zero attached hydrogens (tertiary/aromatic N) is 2. The monoisotopic (exact) mass is 301 g/mol. The molecule has 0 radical (unpaired) electrons. The highest BCUT2D eigenvalue weighted by Gasteiger charge is 2.21. The van der Waals surface area contributed by atoms with Crippen LogP contribution in [0.15, 0.2) is 30.3 Å². The Morgan fingerprint density at radius 3 is 2.24 bits per heavy atom. The number of carboxylic acids is 1. The summed E-state index contributed by atoms with van der Waals surface area (Å²) in [6, 6.07) is 5.90. The molecule has 4 nitrogen and oxygen atoms in total. The molecule has 1 heterocycles. The van der Waals surface area contributed by atoms with Crippen molar-refractivity contribution in [2.45, 2.75) is 19.4 Å². The Morgan fingerprint density at radius 2 is 1.76 bits per heavy atom. The maximum atomic E-state index is 12.8. The van der Waals surface area contributed by atoms with Gasteiger partial charge in [-0.2, -0.15) is 5.10 Å². The second kappa shape index (κ2) is 5.94. The van der Waals surface area contributed by atoms with Crippen molar-refractivity contribution in [2.75, 3.05) is 0 Å². The maximum Gasteiger partial charge on any atom is 0.282 e. The summed E-state index contributed by atoms with van der Waals surface area (Å²) in [7, 11) is 0. The largest absolute Gasteiger partial charge is 0.545 e. The first kappa shape index (κ1) is 15.0. The number of aromatic nitrogens is 2. The molecule has 1 aromatic carbocycles. The highest BCUT2D eigenvalue weighted by Crippen LogP contribution is 2.25. The van der Waals surface area contributed by atoms with E-state index in [1.54, 1.807) is 0 Å². The molecule has 0 saturated heterocycles. The Kier molecular flexibility index (Phi) is 4.25. The van der Waals surface area contributed by atoms with E-state index in [9.17, 15) is 27.5 Å². The van der Waals surface area contributed by atoms with Gasteiger partial charge in [0.1, 0.15) is 11.4 Å². The maximum absolute atomic E-state index is 12.8. The minimum Gasteiger partial charge on any atom is -0.545 e. The molecule has 0 atom stereocenters. The van der Waals surface area contributed by atoms with Crippen LogP contribution < -0.4 is 5.11 Å². The van der Waals surface area contributed by atoms with E-state index in [-0.39, 0.29) is 12.1 Å². The van der Waals surface area contributed by atoms with E-state index in [0.29, 0.717) is 11.6 Å². The first-order chi connectivity index (χ1) is 9.88. The Labute approximate surface area is 116 Å². The number of halogens is 4. The number of aromatic carboxylic acids is 1. The van der Waals surface area contributed by atoms with Crippen molar-refractivity contribution in [3.8, 4) is 0 Å². The van der Waals surface area contributed by atoms with Gasteiger partial charge in [0.25, 0.3) is 12.9 Å². The second-order valence-corrected chi connectivity index (χ2v) is 4.24. The van der Waals surface area contributed by atoms with Gasteiger partial charge < -0.3 is 9.90 Å². The average molecular weight is 301 g/mol. The lowest BCUT2D eigenvalue weighted by Gasteiger charge is -2.08. The van der Waals surface area contributed by atoms with Gasteiger partial charge in [-0.1, -0.05) is 24.3 Å². The highest BCUT2D eigenvalue weighted by atomic mass is 19.3. The van der Waals surface area contributed by atoms with Crippen molar-refractivity contribution in [3.05, 3.63) is 52.8 Å². The molecule has 2 aromatic rings. The van der Waals surface area contributed by atoms with Gasteiger partial charge >= 0.3 is 0 Å². The van der Waals surface area contributed by atoms with Gasteiger partial charge in [-0.3, -0.25) is 4.68 Å². The molecule has 8 heteroatoms. The summed E-state index contributed by atoms with van der Waals surface area (Å²) in [6.07, 6.45) is -5.88. The Morgan fingerprint density at radius 1 is 1.14 bits per heavy atom. The van der Waals surface area contributed by atoms with E-state index in [2.05, 4.69) is 5.10 Å². The molecule has 0 aliphatic heterocycles. The molecule has 0 aliphatic rings. The molecule has 0 spiro atoms. The van der Waals surface area contributed by atoms with E-state index in [4.69, 9.17) is 0 Å². The molecular formula is C13H9F4N2O2-. The van der Waals surface area contributed by atoms with Gasteiger partial charge in [-0.15, -0.1) is 0 Å². The number of carbonyl (C=O) groups excluding carboxylic acids is 1. The van der Waals surface area contributed by atoms with Crippen LogP contribution in [0.2, 0.25) is 0 Å². The lowest BCUT2D eigenvalue weighted by atomic mass is 10.1. The smallest absolute Gasteiger partial charge is 0.282 e. The van der Waals surface area contributed by atoms with Crippen LogP contribution in [0.4, 0.5) is 17.6 Å². The van der Waals surface area contributed by atoms with E-state index >= 15 is 0 Å². The molecule has 0 amide bonds. The zero-order valence-electron chi connectivity index (χ0n) is 10.5. The summed E-state index contributed by atoms with van der Waals surface area (Å²) in [5.74, 6) is -1.37. The molecular weight excluding hydrogens is 292 g/mol. The number of carbonyl (C=O) groups is 1. The number of alkyl halides is 4. The van der Waals surface area contributed by atoms with E-state index < -0.39 is 30.2 Å². The van der Waals surface area contributed by atoms with E-state index in [1.807, 2.05) is 0 Å². The van der Waals surface area contributed by atoms with E-state index in [1.165, 1.54) is 24.3 Å². The van der Waals surface area contributed by atoms with Crippen molar-refractivity contribution >= 4 is 5.97 Å². The van der Waals surface area contributed by atoms with Crippen molar-refractivity contribution in [1.29, 1.82) is 0 Å². The lowest BCUT2D eigenvalue weighted by molar-refractivity contribution is -0.255. The summed E-state index contributed by atoms with van der Waals surface area (Å²) < 4.78 is 51.4. The van der Waals surface area contributed by atoms with Crippen LogP contribution in [0.5, 0.6) is 0 Å². The predicted molar refractivity (Wildman–Crippen MR) is 62.0 cm³/mol. The first-order valence-electron chi connectivity index (χ1n) is 5.82. The number of carboxylic acid groups (broad SMARTS) is 1. The molecule has 0 saturated carbocycles. The summed E-state index contributed by atoms with van der Waals surface area (Å²) in [5, 5.41) is 14.0. The zero-order valence-corrected chi connectivity index (χ0v) is 10.5. The van der Waals surface area contributed by atoms with E-state index in [0.717, 1.165) is 4.68 Å². The molecule has 0 fully saturated rings. The molecule has 0 aliphatic carbocycles. The molecule has 0 N–H and O–H groups in total. The Bertz CT molecular complexity index is 638. The minimum atomic E-state index is -2.94. The van der Waals surface area contributed by atoms with Crippen molar-refractivity contribution in [1.82, 2.24) is 9.78 Å². The number of rotatable bonds is 5. The van der Waals surface area contributed by atoms with Gasteiger partial charge in [0.2, 0.25) is 0 Å². The van der Waals surface area contributed by atoms with Crippen LogP contribution in [0.25, 0.3) is 0 Å². The van der Waals surface area contributed by atoms with Crippen LogP contribution in [-0.2, 0) is 6.54 Å². The highest BCUT2D eigenvalue weighted by molar-refractivity contribution is 5.85. The molecule has 1 aromatic heterocycles. The topological polar surface area (TPSA) is 57.9 Å². The third-order valence-electron chi connectivity index (χ3n) is 2.80. The number of benzene rings is 1. The fourth-order valence-corrected chi connectivity index (χ4v) is 1.78. The number of hydrogen-bond acceptors (Lipinski definition) is 3. The third-order valence-corrected chi connectivity index (χ3v) is 2.80. The SMILES string of the molecule is O=C([O-])c1ccc(Cn2nc(C(F)F)cc2C(F)F)cc1. The zero-order chi connectivity index (χ0) is 15.6. The van der Waals surface area contributed by atoms with Crippen LogP contribution in [-0.4, -0.2) is 15.7 Å². The Balaban J connectivity index is 2.27. The van der Waals surface area contributed by atoms with Crippen LogP contribution in [0, 0.1) is 0 Å². The standard InChI is InChI=1S/C13H10F4N2O2/c14-11(15)9-5-10(12(16)17)19(18-9)6-7-1-3-8(4-2-7)13(20)21/h1-5,11-12H,6H2,(H,20,21)/p-1. The van der Waals surface area contributed by atoms with Gasteiger partial charge in [0.05, 0.1) is 12.5 Å². The third kappa shape index (κ3) is 3.39. The van der Waals surface area contributed by atoms with Crippen LogP contribution >= 0.6 is 0 Å². The fourth-order valence-electron chi connectivity index (χ4n) is 1.78. The Hall–Kier alpha value is -2.38. The van der Waals surface area contributed by atoms with Crippen LogP contribution in [0.3, 0.4) is 0 Å². The van der Waals surface area contributed by atoms with Crippen molar-refractivity contribution in [3.63, 3.8) is 0 Å². The number of hydrogen-bond donors (Lipinski definition) is 0. The lowest BCUT2D eigenvalue weighted by Crippen LogP contribution is -2.22. The molecule has 21 heavy (non-hydrogen) atoms. The minimum absolute atomic E-state index is 0.0680. The molecule has 0 bridgehead atoms. The molecule has 2 rings (SSSR count). The molecule has 112 valence electrons. The second-order valence-electron chi connectivity index (χ2n) is 4.24. The fraction of sp³-hybridized carbons (Fsp3) is 0.231. The first-order valence-corrected chi connectivity index (χ1v) is 5.82. The van der Waals surface area contributed by atoms with Crippen molar-refractivity contribution < 1.29 is 27.5 Å². The van der Waals surface area contributed by atoms with Crippen LogP contribution in [0.1, 0.15) is 40.2 Å². The predicted octanol–water partition coefficient (Wildman–Crippen LogP) is 2.17. The van der Waals surface area contributed by atoms with Gasteiger partial charge in [0, 0.05) is 0 Å². The normalized spacial score (nSPS) is 11.3. The average Bonchev–Trinajstić information content (AvgIpc) is 2.83. The molecule has 0 unspecified atom stereocenters. The van der Waals surface area contributed by atoms with Gasteiger partial charge in [-0.25, -0.2) is 17.6 Å². The summed E-state index contributed by atoms with van der Waals surface area (Å²) >= 11 is 0. The summed E-state index contributed by atoms with van der Waals surface area (Å²) in [6.45, 7) is -0.167. The summed E-state index contributed by atoms with van der Waals surface area (Å²) in [5.41, 5.74) is -0.960. The quantitative estimate of drug-likeness (QED) is 0.795.